The monoisotopic (exact) mass is 338 g/mol. The summed E-state index contributed by atoms with van der Waals surface area (Å²) in [4.78, 5) is 17.3. The molecule has 0 atom stereocenters. The minimum absolute atomic E-state index is 0.164. The molecule has 3 heterocycles. The van der Waals surface area contributed by atoms with Gasteiger partial charge in [-0.05, 0) is 37.6 Å². The molecule has 3 aromatic heterocycles. The third kappa shape index (κ3) is 2.12. The van der Waals surface area contributed by atoms with Crippen LogP contribution >= 0.6 is 11.6 Å². The number of aromatic nitrogens is 4. The molecule has 5 nitrogen and oxygen atoms in total. The lowest BCUT2D eigenvalue weighted by atomic mass is 10.1. The van der Waals surface area contributed by atoms with Crippen molar-refractivity contribution in [1.82, 2.24) is 19.3 Å². The zero-order valence-corrected chi connectivity index (χ0v) is 14.1. The molecular weight excluding hydrogens is 324 g/mol. The number of pyridine rings is 2. The maximum Gasteiger partial charge on any atom is 0.284 e. The molecule has 120 valence electrons. The van der Waals surface area contributed by atoms with Crippen molar-refractivity contribution in [3.63, 3.8) is 0 Å². The lowest BCUT2D eigenvalue weighted by Gasteiger charge is -2.13. The Bertz CT molecular complexity index is 1140. The summed E-state index contributed by atoms with van der Waals surface area (Å²) in [5.41, 5.74) is 2.75. The van der Waals surface area contributed by atoms with Crippen LogP contribution in [0.15, 0.2) is 47.7 Å². The van der Waals surface area contributed by atoms with Gasteiger partial charge in [0, 0.05) is 34.7 Å². The number of nitrogens with zero attached hydrogens (tertiary/aromatic N) is 4. The molecule has 6 heteroatoms. The molecule has 0 radical (unpaired) electrons. The van der Waals surface area contributed by atoms with E-state index in [1.807, 2.05) is 44.3 Å². The van der Waals surface area contributed by atoms with Crippen molar-refractivity contribution in [3.8, 4) is 5.69 Å². The number of fused-ring (bicyclic) bond motifs is 3. The Morgan fingerprint density at radius 1 is 1.21 bits per heavy atom. The molecule has 0 amide bonds. The van der Waals surface area contributed by atoms with Crippen LogP contribution in [-0.4, -0.2) is 19.3 Å². The van der Waals surface area contributed by atoms with Crippen molar-refractivity contribution >= 4 is 33.4 Å². The maximum atomic E-state index is 13.2. The molecule has 0 N–H and O–H groups in total. The Labute approximate surface area is 143 Å². The predicted octanol–water partition coefficient (Wildman–Crippen LogP) is 3.72. The first-order valence-electron chi connectivity index (χ1n) is 7.72. The quantitative estimate of drug-likeness (QED) is 0.559. The Balaban J connectivity index is 2.26. The highest BCUT2D eigenvalue weighted by atomic mass is 35.5. The van der Waals surface area contributed by atoms with Crippen molar-refractivity contribution in [2.75, 3.05) is 0 Å². The summed E-state index contributed by atoms with van der Waals surface area (Å²) in [6.45, 7) is 4.65. The van der Waals surface area contributed by atoms with Gasteiger partial charge in [0.25, 0.3) is 5.56 Å². The normalized spacial score (nSPS) is 11.5. The Hall–Kier alpha value is -2.66. The summed E-state index contributed by atoms with van der Waals surface area (Å²) in [5.74, 6) is 0. The van der Waals surface area contributed by atoms with Gasteiger partial charge in [-0.3, -0.25) is 19.0 Å². The zero-order chi connectivity index (χ0) is 16.8. The first kappa shape index (κ1) is 14.9. The van der Waals surface area contributed by atoms with E-state index in [0.29, 0.717) is 17.1 Å². The van der Waals surface area contributed by atoms with Crippen molar-refractivity contribution in [2.24, 2.45) is 0 Å². The van der Waals surface area contributed by atoms with Gasteiger partial charge in [-0.1, -0.05) is 17.7 Å². The van der Waals surface area contributed by atoms with Gasteiger partial charge in [-0.15, -0.1) is 0 Å². The van der Waals surface area contributed by atoms with Crippen LogP contribution in [0.3, 0.4) is 0 Å². The summed E-state index contributed by atoms with van der Waals surface area (Å²) >= 11 is 6.20. The Morgan fingerprint density at radius 2 is 2.04 bits per heavy atom. The van der Waals surface area contributed by atoms with Crippen LogP contribution in [0.5, 0.6) is 0 Å². The highest BCUT2D eigenvalue weighted by Crippen LogP contribution is 2.27. The highest BCUT2D eigenvalue weighted by Gasteiger charge is 2.16. The molecule has 0 aliphatic carbocycles. The second-order valence-corrected chi connectivity index (χ2v) is 6.15. The van der Waals surface area contributed by atoms with Gasteiger partial charge in [-0.25, -0.2) is 0 Å². The molecule has 4 rings (SSSR count). The van der Waals surface area contributed by atoms with E-state index < -0.39 is 0 Å². The average molecular weight is 339 g/mol. The van der Waals surface area contributed by atoms with E-state index in [4.69, 9.17) is 11.6 Å². The molecule has 0 unspecified atom stereocenters. The summed E-state index contributed by atoms with van der Waals surface area (Å²) in [5, 5.41) is 6.81. The standard InChI is InChI=1S/C18H15ClN4O/c1-3-22-10-14-13-5-4-12(19)8-15(13)23(18(24)17(14)21-22)16-9-20-7-6-11(16)2/h4-10H,3H2,1-2H3. The van der Waals surface area contributed by atoms with Gasteiger partial charge < -0.3 is 0 Å². The average Bonchev–Trinajstić information content (AvgIpc) is 3.01. The van der Waals surface area contributed by atoms with Gasteiger partial charge in [-0.2, -0.15) is 5.10 Å². The largest absolute Gasteiger partial charge is 0.284 e. The molecule has 0 spiro atoms. The van der Waals surface area contributed by atoms with Crippen LogP contribution in [0, 0.1) is 6.92 Å². The van der Waals surface area contributed by atoms with Crippen LogP contribution in [0.25, 0.3) is 27.5 Å². The highest BCUT2D eigenvalue weighted by molar-refractivity contribution is 6.31. The second kappa shape index (κ2) is 5.46. The zero-order valence-electron chi connectivity index (χ0n) is 13.3. The predicted molar refractivity (Wildman–Crippen MR) is 96.1 cm³/mol. The van der Waals surface area contributed by atoms with Crippen LogP contribution in [0.1, 0.15) is 12.5 Å². The topological polar surface area (TPSA) is 52.7 Å². The van der Waals surface area contributed by atoms with E-state index in [-0.39, 0.29) is 5.56 Å². The summed E-state index contributed by atoms with van der Waals surface area (Å²) in [6.07, 6.45) is 5.32. The van der Waals surface area contributed by atoms with Crippen LogP contribution in [0.4, 0.5) is 0 Å². The lowest BCUT2D eigenvalue weighted by molar-refractivity contribution is 0.667. The van der Waals surface area contributed by atoms with Crippen molar-refractivity contribution in [1.29, 1.82) is 0 Å². The second-order valence-electron chi connectivity index (χ2n) is 5.71. The molecule has 0 fully saturated rings. The fourth-order valence-corrected chi connectivity index (χ4v) is 3.17. The number of rotatable bonds is 2. The van der Waals surface area contributed by atoms with Crippen molar-refractivity contribution in [2.45, 2.75) is 20.4 Å². The van der Waals surface area contributed by atoms with Crippen LogP contribution in [-0.2, 0) is 6.54 Å². The third-order valence-corrected chi connectivity index (χ3v) is 4.47. The van der Waals surface area contributed by atoms with E-state index in [9.17, 15) is 4.79 Å². The molecule has 1 aromatic carbocycles. The Morgan fingerprint density at radius 3 is 2.79 bits per heavy atom. The van der Waals surface area contributed by atoms with Gasteiger partial charge in [0.05, 0.1) is 17.4 Å². The molecule has 24 heavy (non-hydrogen) atoms. The van der Waals surface area contributed by atoms with E-state index in [2.05, 4.69) is 10.1 Å². The van der Waals surface area contributed by atoms with Gasteiger partial charge >= 0.3 is 0 Å². The summed E-state index contributed by atoms with van der Waals surface area (Å²) < 4.78 is 3.43. The van der Waals surface area contributed by atoms with E-state index in [0.717, 1.165) is 27.5 Å². The number of hydrogen-bond acceptors (Lipinski definition) is 3. The van der Waals surface area contributed by atoms with Gasteiger partial charge in [0.2, 0.25) is 0 Å². The number of benzene rings is 1. The van der Waals surface area contributed by atoms with Crippen molar-refractivity contribution in [3.05, 3.63) is 63.8 Å². The number of hydrogen-bond donors (Lipinski definition) is 0. The first-order chi connectivity index (χ1) is 11.6. The van der Waals surface area contributed by atoms with Crippen LogP contribution in [0.2, 0.25) is 5.02 Å². The molecule has 0 aliphatic heterocycles. The molecule has 4 aromatic rings. The van der Waals surface area contributed by atoms with Gasteiger partial charge in [0.1, 0.15) is 0 Å². The SMILES string of the molecule is CCn1cc2c(n1)c(=O)n(-c1cnccc1C)c1cc(Cl)ccc21. The Kier molecular flexibility index (Phi) is 3.39. The fourth-order valence-electron chi connectivity index (χ4n) is 3.00. The molecule has 0 bridgehead atoms. The molecule has 0 saturated carbocycles. The van der Waals surface area contributed by atoms with Gasteiger partial charge in [0.15, 0.2) is 5.52 Å². The summed E-state index contributed by atoms with van der Waals surface area (Å²) in [6, 6.07) is 7.46. The minimum Gasteiger partial charge on any atom is -0.273 e. The van der Waals surface area contributed by atoms with E-state index in [1.54, 1.807) is 21.6 Å². The van der Waals surface area contributed by atoms with E-state index in [1.165, 1.54) is 0 Å². The summed E-state index contributed by atoms with van der Waals surface area (Å²) in [7, 11) is 0. The van der Waals surface area contributed by atoms with Crippen molar-refractivity contribution < 1.29 is 0 Å². The van der Waals surface area contributed by atoms with Crippen LogP contribution < -0.4 is 5.56 Å². The number of aryl methyl sites for hydroxylation is 2. The lowest BCUT2D eigenvalue weighted by Crippen LogP contribution is -2.20. The molecule has 0 aliphatic rings. The third-order valence-electron chi connectivity index (χ3n) is 4.23. The van der Waals surface area contributed by atoms with E-state index >= 15 is 0 Å². The number of halogens is 1. The maximum absolute atomic E-state index is 13.2. The fraction of sp³-hybridized carbons (Fsp3) is 0.167. The molecule has 0 saturated heterocycles. The smallest absolute Gasteiger partial charge is 0.273 e. The first-order valence-corrected chi connectivity index (χ1v) is 8.10. The minimum atomic E-state index is -0.164. The molecular formula is C18H15ClN4O.